The van der Waals surface area contributed by atoms with Crippen molar-refractivity contribution in [2.45, 2.75) is 193 Å². The molecule has 0 radical (unpaired) electrons. The summed E-state index contributed by atoms with van der Waals surface area (Å²) in [6, 6.07) is -1.15. The standard InChI is InChI=1S/C34H67NO6S/c1-3-5-7-9-11-13-15-16-17-18-19-21-22-24-26-28-32(36)31(30-42(39,40)41)35-34(38)33(37)29-27-25-23-20-14-12-10-8-6-4-2/h10,12,31-33,36-37H,3-9,11,13-30H2,1-2H3,(H,35,38)(H,39,40,41)/b12-10-. The zero-order chi connectivity index (χ0) is 31.3. The van der Waals surface area contributed by atoms with E-state index in [2.05, 4.69) is 31.3 Å². The van der Waals surface area contributed by atoms with Gasteiger partial charge < -0.3 is 15.5 Å². The van der Waals surface area contributed by atoms with E-state index in [1.165, 1.54) is 83.5 Å². The first-order valence-corrected chi connectivity index (χ1v) is 19.1. The lowest BCUT2D eigenvalue weighted by Crippen LogP contribution is -2.50. The molecule has 3 atom stereocenters. The van der Waals surface area contributed by atoms with E-state index in [-0.39, 0.29) is 6.42 Å². The van der Waals surface area contributed by atoms with Gasteiger partial charge in [0.2, 0.25) is 5.91 Å². The first-order valence-electron chi connectivity index (χ1n) is 17.5. The topological polar surface area (TPSA) is 124 Å². The molecular formula is C34H67NO6S. The number of aliphatic hydroxyl groups is 2. The second-order valence-electron chi connectivity index (χ2n) is 12.3. The molecule has 4 N–H and O–H groups in total. The Balaban J connectivity index is 4.08. The highest BCUT2D eigenvalue weighted by Gasteiger charge is 2.28. The van der Waals surface area contributed by atoms with Crippen LogP contribution in [0.2, 0.25) is 0 Å². The van der Waals surface area contributed by atoms with Gasteiger partial charge in [-0.25, -0.2) is 0 Å². The second-order valence-corrected chi connectivity index (χ2v) is 13.8. The lowest BCUT2D eigenvalue weighted by Gasteiger charge is -2.24. The van der Waals surface area contributed by atoms with E-state index < -0.39 is 40.0 Å². The van der Waals surface area contributed by atoms with Gasteiger partial charge in [-0.1, -0.05) is 154 Å². The van der Waals surface area contributed by atoms with E-state index in [9.17, 15) is 28.0 Å². The molecule has 0 aromatic heterocycles. The molecule has 42 heavy (non-hydrogen) atoms. The molecular weight excluding hydrogens is 550 g/mol. The quantitative estimate of drug-likeness (QED) is 0.0352. The van der Waals surface area contributed by atoms with Gasteiger partial charge in [0.25, 0.3) is 10.1 Å². The van der Waals surface area contributed by atoms with Crippen molar-refractivity contribution >= 4 is 16.0 Å². The lowest BCUT2D eigenvalue weighted by atomic mass is 10.0. The van der Waals surface area contributed by atoms with E-state index in [4.69, 9.17) is 0 Å². The summed E-state index contributed by atoms with van der Waals surface area (Å²) in [5.74, 6) is -1.46. The minimum atomic E-state index is -4.40. The molecule has 0 spiro atoms. The first-order chi connectivity index (χ1) is 20.2. The summed E-state index contributed by atoms with van der Waals surface area (Å²) in [5, 5.41) is 23.3. The minimum absolute atomic E-state index is 0.284. The molecule has 250 valence electrons. The lowest BCUT2D eigenvalue weighted by molar-refractivity contribution is -0.131. The molecule has 0 fully saturated rings. The summed E-state index contributed by atoms with van der Waals surface area (Å²) in [4.78, 5) is 12.5. The molecule has 0 aliphatic carbocycles. The number of amides is 1. The Labute approximate surface area is 259 Å². The number of nitrogens with one attached hydrogen (secondary N) is 1. The number of aliphatic hydroxyl groups excluding tert-OH is 2. The Kier molecular flexibility index (Phi) is 28.1. The molecule has 0 bridgehead atoms. The van der Waals surface area contributed by atoms with Gasteiger partial charge in [-0.15, -0.1) is 0 Å². The maximum absolute atomic E-state index is 12.5. The van der Waals surface area contributed by atoms with Crippen LogP contribution in [0.1, 0.15) is 174 Å². The van der Waals surface area contributed by atoms with E-state index in [1.807, 2.05) is 0 Å². The molecule has 0 aliphatic rings. The number of carbonyl (C=O) groups is 1. The number of hydrogen-bond acceptors (Lipinski definition) is 5. The second kappa shape index (κ2) is 28.8. The SMILES string of the molecule is CCCC/C=C\CCCCCCC(O)C(=O)NC(CS(=O)(=O)O)C(O)CCCCCCCCCCCCCCCCC. The predicted octanol–water partition coefficient (Wildman–Crippen LogP) is 8.43. The summed E-state index contributed by atoms with van der Waals surface area (Å²) in [6.07, 6.45) is 29.5. The third kappa shape index (κ3) is 27.8. The summed E-state index contributed by atoms with van der Waals surface area (Å²) in [6.45, 7) is 4.43. The average Bonchev–Trinajstić information content (AvgIpc) is 2.94. The smallest absolute Gasteiger partial charge is 0.266 e. The van der Waals surface area contributed by atoms with Crippen molar-refractivity contribution in [3.05, 3.63) is 12.2 Å². The molecule has 7 nitrogen and oxygen atoms in total. The molecule has 0 aliphatic heterocycles. The fourth-order valence-corrected chi connectivity index (χ4v) is 6.08. The van der Waals surface area contributed by atoms with Crippen LogP contribution < -0.4 is 5.32 Å². The third-order valence-electron chi connectivity index (χ3n) is 8.08. The maximum atomic E-state index is 12.5. The Morgan fingerprint density at radius 1 is 0.619 bits per heavy atom. The minimum Gasteiger partial charge on any atom is -0.391 e. The molecule has 0 saturated carbocycles. The normalized spacial score (nSPS) is 14.3. The van der Waals surface area contributed by atoms with Crippen LogP contribution in [-0.4, -0.2) is 53.1 Å². The number of rotatable bonds is 31. The van der Waals surface area contributed by atoms with Crippen LogP contribution in [0.25, 0.3) is 0 Å². The molecule has 3 unspecified atom stereocenters. The highest BCUT2D eigenvalue weighted by Crippen LogP contribution is 2.15. The van der Waals surface area contributed by atoms with Gasteiger partial charge in [-0.2, -0.15) is 8.42 Å². The van der Waals surface area contributed by atoms with Crippen molar-refractivity contribution < 1.29 is 28.0 Å². The zero-order valence-corrected chi connectivity index (χ0v) is 28.1. The summed E-state index contributed by atoms with van der Waals surface area (Å²) in [5.41, 5.74) is 0. The third-order valence-corrected chi connectivity index (χ3v) is 8.86. The molecule has 0 aromatic carbocycles. The number of carbonyl (C=O) groups excluding carboxylic acids is 1. The Bertz CT molecular complexity index is 742. The molecule has 8 heteroatoms. The molecule has 0 rings (SSSR count). The Hall–Kier alpha value is -0.960. The van der Waals surface area contributed by atoms with Gasteiger partial charge in [0.05, 0.1) is 17.9 Å². The van der Waals surface area contributed by atoms with Crippen LogP contribution in [-0.2, 0) is 14.9 Å². The highest BCUT2D eigenvalue weighted by atomic mass is 32.2. The Morgan fingerprint density at radius 3 is 1.50 bits per heavy atom. The first kappa shape index (κ1) is 41.0. The largest absolute Gasteiger partial charge is 0.391 e. The van der Waals surface area contributed by atoms with Crippen LogP contribution in [0.3, 0.4) is 0 Å². The van der Waals surface area contributed by atoms with Gasteiger partial charge in [-0.05, 0) is 32.1 Å². The Morgan fingerprint density at radius 2 is 1.02 bits per heavy atom. The van der Waals surface area contributed by atoms with Crippen molar-refractivity contribution in [2.75, 3.05) is 5.75 Å². The predicted molar refractivity (Wildman–Crippen MR) is 176 cm³/mol. The van der Waals surface area contributed by atoms with Crippen molar-refractivity contribution in [3.63, 3.8) is 0 Å². The van der Waals surface area contributed by atoms with E-state index in [0.29, 0.717) is 19.3 Å². The monoisotopic (exact) mass is 617 g/mol. The van der Waals surface area contributed by atoms with Crippen molar-refractivity contribution in [3.8, 4) is 0 Å². The average molecular weight is 618 g/mol. The number of hydrogen-bond donors (Lipinski definition) is 4. The van der Waals surface area contributed by atoms with Gasteiger partial charge in [0.1, 0.15) is 6.10 Å². The van der Waals surface area contributed by atoms with Crippen LogP contribution in [0, 0.1) is 0 Å². The zero-order valence-electron chi connectivity index (χ0n) is 27.2. The van der Waals surface area contributed by atoms with Crippen molar-refractivity contribution in [1.82, 2.24) is 5.32 Å². The summed E-state index contributed by atoms with van der Waals surface area (Å²) >= 11 is 0. The van der Waals surface area contributed by atoms with Gasteiger partial charge >= 0.3 is 0 Å². The van der Waals surface area contributed by atoms with Crippen LogP contribution in [0.4, 0.5) is 0 Å². The van der Waals surface area contributed by atoms with E-state index in [0.717, 1.165) is 51.4 Å². The summed E-state index contributed by atoms with van der Waals surface area (Å²) in [7, 11) is -4.40. The van der Waals surface area contributed by atoms with Crippen LogP contribution >= 0.6 is 0 Å². The number of unbranched alkanes of at least 4 members (excludes halogenated alkanes) is 20. The van der Waals surface area contributed by atoms with Crippen LogP contribution in [0.5, 0.6) is 0 Å². The fourth-order valence-electron chi connectivity index (χ4n) is 5.32. The van der Waals surface area contributed by atoms with E-state index >= 15 is 0 Å². The van der Waals surface area contributed by atoms with E-state index in [1.54, 1.807) is 0 Å². The van der Waals surface area contributed by atoms with Gasteiger partial charge in [0, 0.05) is 0 Å². The highest BCUT2D eigenvalue weighted by molar-refractivity contribution is 7.85. The molecule has 0 saturated heterocycles. The van der Waals surface area contributed by atoms with Gasteiger partial charge in [0.15, 0.2) is 0 Å². The number of allylic oxidation sites excluding steroid dienone is 2. The fraction of sp³-hybridized carbons (Fsp3) is 0.912. The molecule has 1 amide bonds. The van der Waals surface area contributed by atoms with Crippen LogP contribution in [0.15, 0.2) is 12.2 Å². The van der Waals surface area contributed by atoms with Gasteiger partial charge in [-0.3, -0.25) is 9.35 Å². The van der Waals surface area contributed by atoms with Crippen molar-refractivity contribution in [2.24, 2.45) is 0 Å². The maximum Gasteiger partial charge on any atom is 0.266 e. The molecule has 0 heterocycles. The summed E-state index contributed by atoms with van der Waals surface area (Å²) < 4.78 is 32.4. The molecule has 0 aromatic rings. The van der Waals surface area contributed by atoms with Crippen molar-refractivity contribution in [1.29, 1.82) is 0 Å².